The molecule has 6 nitrogen and oxygen atoms in total. The zero-order chi connectivity index (χ0) is 12.7. The van der Waals surface area contributed by atoms with Gasteiger partial charge in [0.15, 0.2) is 0 Å². The number of ether oxygens (including phenoxy) is 1. The molecule has 1 saturated carbocycles. The maximum absolute atomic E-state index is 12.0. The van der Waals surface area contributed by atoms with Gasteiger partial charge in [0.2, 0.25) is 0 Å². The molecule has 17 heavy (non-hydrogen) atoms. The van der Waals surface area contributed by atoms with Gasteiger partial charge >= 0.3 is 0 Å². The van der Waals surface area contributed by atoms with Crippen molar-refractivity contribution >= 4 is 10.2 Å². The van der Waals surface area contributed by atoms with Crippen molar-refractivity contribution in [1.29, 1.82) is 0 Å². The number of hydrogen-bond acceptors (Lipinski definition) is 4. The van der Waals surface area contributed by atoms with Crippen LogP contribution >= 0.6 is 0 Å². The molecule has 0 aromatic heterocycles. The number of aliphatic hydroxyl groups excluding tert-OH is 1. The Kier molecular flexibility index (Phi) is 6.35. The van der Waals surface area contributed by atoms with Gasteiger partial charge in [-0.25, -0.2) is 0 Å². The topological polar surface area (TPSA) is 78.9 Å². The first-order chi connectivity index (χ1) is 8.11. The highest BCUT2D eigenvalue weighted by molar-refractivity contribution is 7.87. The molecule has 1 aliphatic rings. The number of nitrogens with one attached hydrogen (secondary N) is 1. The third-order valence-corrected chi connectivity index (χ3v) is 4.62. The van der Waals surface area contributed by atoms with Gasteiger partial charge in [-0.2, -0.15) is 17.4 Å². The Balaban J connectivity index is 2.60. The first-order valence-electron chi connectivity index (χ1n) is 5.98. The predicted molar refractivity (Wildman–Crippen MR) is 64.8 cm³/mol. The molecule has 1 fully saturated rings. The van der Waals surface area contributed by atoms with Crippen LogP contribution in [0.4, 0.5) is 0 Å². The van der Waals surface area contributed by atoms with Crippen molar-refractivity contribution in [3.05, 3.63) is 0 Å². The third-order valence-electron chi connectivity index (χ3n) is 2.95. The minimum Gasteiger partial charge on any atom is -0.395 e. The van der Waals surface area contributed by atoms with Gasteiger partial charge in [0, 0.05) is 26.2 Å². The van der Waals surface area contributed by atoms with E-state index in [9.17, 15) is 8.42 Å². The molecular weight excluding hydrogens is 244 g/mol. The summed E-state index contributed by atoms with van der Waals surface area (Å²) in [6.07, 6.45) is 3.87. The smallest absolute Gasteiger partial charge is 0.279 e. The normalized spacial score (nSPS) is 18.1. The molecule has 0 saturated heterocycles. The Morgan fingerprint density at radius 3 is 2.59 bits per heavy atom. The minimum absolute atomic E-state index is 0.0298. The van der Waals surface area contributed by atoms with E-state index >= 15 is 0 Å². The lowest BCUT2D eigenvalue weighted by Crippen LogP contribution is -2.47. The van der Waals surface area contributed by atoms with Crippen molar-refractivity contribution < 1.29 is 18.3 Å². The highest BCUT2D eigenvalue weighted by atomic mass is 32.2. The summed E-state index contributed by atoms with van der Waals surface area (Å²) in [4.78, 5) is 0. The molecule has 2 N–H and O–H groups in total. The Bertz CT molecular complexity index is 301. The van der Waals surface area contributed by atoms with Gasteiger partial charge in [-0.15, -0.1) is 0 Å². The average Bonchev–Trinajstić information content (AvgIpc) is 2.79. The predicted octanol–water partition coefficient (Wildman–Crippen LogP) is -0.296. The maximum Gasteiger partial charge on any atom is 0.279 e. The molecule has 0 bridgehead atoms. The third kappa shape index (κ3) is 4.51. The van der Waals surface area contributed by atoms with E-state index in [1.165, 1.54) is 11.4 Å². The monoisotopic (exact) mass is 266 g/mol. The Morgan fingerprint density at radius 2 is 2.06 bits per heavy atom. The van der Waals surface area contributed by atoms with Crippen LogP contribution in [0.15, 0.2) is 0 Å². The molecule has 0 aromatic carbocycles. The maximum atomic E-state index is 12.0. The fourth-order valence-electron chi connectivity index (χ4n) is 2.15. The SMILES string of the molecule is COCCNS(=O)(=O)N(CCO)C1CCCC1. The van der Waals surface area contributed by atoms with Crippen molar-refractivity contribution in [2.24, 2.45) is 0 Å². The van der Waals surface area contributed by atoms with E-state index in [2.05, 4.69) is 4.72 Å². The van der Waals surface area contributed by atoms with Crippen molar-refractivity contribution in [1.82, 2.24) is 9.03 Å². The van der Waals surface area contributed by atoms with E-state index in [0.717, 1.165) is 25.7 Å². The fourth-order valence-corrected chi connectivity index (χ4v) is 3.58. The van der Waals surface area contributed by atoms with Crippen molar-refractivity contribution in [3.8, 4) is 0 Å². The lowest BCUT2D eigenvalue weighted by molar-refractivity contribution is 0.201. The molecule has 0 spiro atoms. The molecule has 0 aliphatic heterocycles. The molecule has 0 aromatic rings. The highest BCUT2D eigenvalue weighted by Gasteiger charge is 2.31. The molecule has 0 atom stereocenters. The Morgan fingerprint density at radius 1 is 1.41 bits per heavy atom. The Hall–Kier alpha value is -0.210. The van der Waals surface area contributed by atoms with Crippen LogP contribution in [0.1, 0.15) is 25.7 Å². The summed E-state index contributed by atoms with van der Waals surface area (Å²) >= 11 is 0. The number of hydrogen-bond donors (Lipinski definition) is 2. The van der Waals surface area contributed by atoms with Gasteiger partial charge in [0.05, 0.1) is 13.2 Å². The lowest BCUT2D eigenvalue weighted by atomic mass is 10.2. The number of methoxy groups -OCH3 is 1. The number of aliphatic hydroxyl groups is 1. The van der Waals surface area contributed by atoms with Gasteiger partial charge in [-0.05, 0) is 12.8 Å². The first-order valence-corrected chi connectivity index (χ1v) is 7.42. The molecule has 102 valence electrons. The van der Waals surface area contributed by atoms with Gasteiger partial charge in [-0.3, -0.25) is 0 Å². The molecule has 0 unspecified atom stereocenters. The number of rotatable bonds is 8. The quantitative estimate of drug-likeness (QED) is 0.591. The summed E-state index contributed by atoms with van der Waals surface area (Å²) in [5.74, 6) is 0. The van der Waals surface area contributed by atoms with Crippen LogP contribution in [0, 0.1) is 0 Å². The zero-order valence-corrected chi connectivity index (χ0v) is 11.1. The Labute approximate surface area is 103 Å². The summed E-state index contributed by atoms with van der Waals surface area (Å²) in [6.45, 7) is 0.610. The van der Waals surface area contributed by atoms with Crippen molar-refractivity contribution in [2.45, 2.75) is 31.7 Å². The standard InChI is InChI=1S/C10H22N2O4S/c1-16-9-6-11-17(14,15)12(7-8-13)10-4-2-3-5-10/h10-11,13H,2-9H2,1H3. The van der Waals surface area contributed by atoms with Crippen LogP contribution in [-0.4, -0.2) is 57.3 Å². The van der Waals surface area contributed by atoms with Gasteiger partial charge < -0.3 is 9.84 Å². The zero-order valence-electron chi connectivity index (χ0n) is 10.3. The molecule has 1 aliphatic carbocycles. The average molecular weight is 266 g/mol. The van der Waals surface area contributed by atoms with Crippen LogP contribution < -0.4 is 4.72 Å². The molecule has 0 heterocycles. The minimum atomic E-state index is -3.50. The summed E-state index contributed by atoms with van der Waals surface area (Å²) < 4.78 is 32.7. The van der Waals surface area contributed by atoms with Crippen molar-refractivity contribution in [3.63, 3.8) is 0 Å². The van der Waals surface area contributed by atoms with E-state index in [0.29, 0.717) is 6.61 Å². The molecule has 1 rings (SSSR count). The summed E-state index contributed by atoms with van der Waals surface area (Å²) in [5, 5.41) is 8.97. The van der Waals surface area contributed by atoms with Crippen LogP contribution in [0.2, 0.25) is 0 Å². The summed E-state index contributed by atoms with van der Waals surface area (Å²) in [6, 6.07) is 0.0298. The van der Waals surface area contributed by atoms with Gasteiger partial charge in [-0.1, -0.05) is 12.8 Å². The molecular formula is C10H22N2O4S. The lowest BCUT2D eigenvalue weighted by Gasteiger charge is -2.27. The fraction of sp³-hybridized carbons (Fsp3) is 1.00. The van der Waals surface area contributed by atoms with Crippen LogP contribution in [0.5, 0.6) is 0 Å². The van der Waals surface area contributed by atoms with Gasteiger partial charge in [0.1, 0.15) is 0 Å². The second-order valence-corrected chi connectivity index (χ2v) is 5.87. The van der Waals surface area contributed by atoms with Crippen LogP contribution in [0.3, 0.4) is 0 Å². The largest absolute Gasteiger partial charge is 0.395 e. The second kappa shape index (κ2) is 7.27. The number of nitrogens with zero attached hydrogens (tertiary/aromatic N) is 1. The highest BCUT2D eigenvalue weighted by Crippen LogP contribution is 2.24. The van der Waals surface area contributed by atoms with E-state index in [-0.39, 0.29) is 25.7 Å². The summed E-state index contributed by atoms with van der Waals surface area (Å²) in [5.41, 5.74) is 0. The van der Waals surface area contributed by atoms with E-state index in [1.54, 1.807) is 0 Å². The van der Waals surface area contributed by atoms with Crippen LogP contribution in [-0.2, 0) is 14.9 Å². The van der Waals surface area contributed by atoms with E-state index in [1.807, 2.05) is 0 Å². The summed E-state index contributed by atoms with van der Waals surface area (Å²) in [7, 11) is -1.97. The molecule has 0 radical (unpaired) electrons. The first kappa shape index (κ1) is 14.8. The van der Waals surface area contributed by atoms with E-state index in [4.69, 9.17) is 9.84 Å². The molecule has 7 heteroatoms. The van der Waals surface area contributed by atoms with Crippen LogP contribution in [0.25, 0.3) is 0 Å². The second-order valence-electron chi connectivity index (χ2n) is 4.16. The van der Waals surface area contributed by atoms with E-state index < -0.39 is 10.2 Å². The van der Waals surface area contributed by atoms with Gasteiger partial charge in [0.25, 0.3) is 10.2 Å². The molecule has 0 amide bonds. The van der Waals surface area contributed by atoms with Crippen molar-refractivity contribution in [2.75, 3.05) is 33.4 Å².